The quantitative estimate of drug-likeness (QED) is 0.855. The Kier molecular flexibility index (Phi) is 3.93. The van der Waals surface area contributed by atoms with E-state index in [0.717, 1.165) is 0 Å². The molecule has 0 saturated heterocycles. The number of benzene rings is 1. The molecule has 0 fully saturated rings. The molecule has 20 heavy (non-hydrogen) atoms. The molecule has 2 aromatic rings. The Hall–Kier alpha value is -1.33. The molecule has 1 atom stereocenters. The molecular formula is C13H17Cl2N5. The van der Waals surface area contributed by atoms with Crippen LogP contribution < -0.4 is 5.73 Å². The zero-order valence-corrected chi connectivity index (χ0v) is 13.4. The van der Waals surface area contributed by atoms with E-state index in [2.05, 4.69) is 43.2 Å². The summed E-state index contributed by atoms with van der Waals surface area (Å²) in [6, 6.07) is 3.42. The number of nitrogen functional groups attached to an aromatic ring is 1. The van der Waals surface area contributed by atoms with E-state index in [1.807, 2.05) is 0 Å². The average molecular weight is 314 g/mol. The van der Waals surface area contributed by atoms with Crippen LogP contribution >= 0.6 is 23.2 Å². The van der Waals surface area contributed by atoms with E-state index < -0.39 is 0 Å². The standard InChI is InChI=1S/C13H17Cl2N5/c1-7(13(2,3)4)20-12(17-18-19-20)9-5-8(16)6-10(14)11(9)15/h5-7H,16H2,1-4H3. The van der Waals surface area contributed by atoms with Crippen LogP contribution in [0, 0.1) is 5.41 Å². The van der Waals surface area contributed by atoms with Crippen molar-refractivity contribution in [2.75, 3.05) is 5.73 Å². The minimum atomic E-state index is 0.000720. The molecule has 7 heteroatoms. The first-order chi connectivity index (χ1) is 9.21. The van der Waals surface area contributed by atoms with Crippen molar-refractivity contribution in [3.8, 4) is 11.4 Å². The molecule has 0 spiro atoms. The van der Waals surface area contributed by atoms with Crippen LogP contribution in [0.1, 0.15) is 33.7 Å². The van der Waals surface area contributed by atoms with Gasteiger partial charge in [0, 0.05) is 11.3 Å². The molecule has 1 unspecified atom stereocenters. The molecule has 1 heterocycles. The van der Waals surface area contributed by atoms with E-state index in [0.29, 0.717) is 27.1 Å². The number of tetrazole rings is 1. The highest BCUT2D eigenvalue weighted by Crippen LogP contribution is 2.37. The zero-order chi connectivity index (χ0) is 15.1. The maximum absolute atomic E-state index is 6.25. The van der Waals surface area contributed by atoms with Crippen molar-refractivity contribution in [1.82, 2.24) is 20.2 Å². The number of hydrogen-bond donors (Lipinski definition) is 1. The first kappa shape index (κ1) is 15.1. The molecule has 2 rings (SSSR count). The molecule has 0 aliphatic heterocycles. The lowest BCUT2D eigenvalue weighted by molar-refractivity contribution is 0.243. The summed E-state index contributed by atoms with van der Waals surface area (Å²) in [6.07, 6.45) is 0. The van der Waals surface area contributed by atoms with Gasteiger partial charge in [0.1, 0.15) is 0 Å². The highest BCUT2D eigenvalue weighted by Gasteiger charge is 2.27. The largest absolute Gasteiger partial charge is 0.399 e. The lowest BCUT2D eigenvalue weighted by Crippen LogP contribution is -2.23. The van der Waals surface area contributed by atoms with Gasteiger partial charge in [-0.15, -0.1) is 5.10 Å². The third-order valence-corrected chi connectivity index (χ3v) is 4.21. The number of nitrogens with two attached hydrogens (primary N) is 1. The van der Waals surface area contributed by atoms with E-state index >= 15 is 0 Å². The van der Waals surface area contributed by atoms with Crippen molar-refractivity contribution in [1.29, 1.82) is 0 Å². The van der Waals surface area contributed by atoms with Gasteiger partial charge in [-0.3, -0.25) is 0 Å². The monoisotopic (exact) mass is 313 g/mol. The maximum Gasteiger partial charge on any atom is 0.183 e. The Morgan fingerprint density at radius 1 is 1.25 bits per heavy atom. The molecule has 1 aromatic heterocycles. The normalized spacial score (nSPS) is 13.5. The SMILES string of the molecule is CC(n1nnnc1-c1cc(N)cc(Cl)c1Cl)C(C)(C)C. The summed E-state index contributed by atoms with van der Waals surface area (Å²) in [5.74, 6) is 0.562. The van der Waals surface area contributed by atoms with E-state index in [4.69, 9.17) is 28.9 Å². The van der Waals surface area contributed by atoms with Crippen LogP contribution in [-0.4, -0.2) is 20.2 Å². The molecule has 1 aromatic carbocycles. The molecule has 0 amide bonds. The van der Waals surface area contributed by atoms with Crippen LogP contribution in [0.25, 0.3) is 11.4 Å². The van der Waals surface area contributed by atoms with E-state index in [-0.39, 0.29) is 11.5 Å². The summed E-state index contributed by atoms with van der Waals surface area (Å²) >= 11 is 12.3. The van der Waals surface area contributed by atoms with Crippen LogP contribution in [0.15, 0.2) is 12.1 Å². The maximum atomic E-state index is 6.25. The summed E-state index contributed by atoms with van der Waals surface area (Å²) in [6.45, 7) is 8.42. The first-order valence-electron chi connectivity index (χ1n) is 6.24. The van der Waals surface area contributed by atoms with Gasteiger partial charge in [-0.05, 0) is 34.9 Å². The summed E-state index contributed by atoms with van der Waals surface area (Å²) in [5, 5.41) is 12.7. The van der Waals surface area contributed by atoms with Crippen LogP contribution in [-0.2, 0) is 0 Å². The fraction of sp³-hybridized carbons (Fsp3) is 0.462. The number of hydrogen-bond acceptors (Lipinski definition) is 4. The number of nitrogens with zero attached hydrogens (tertiary/aromatic N) is 4. The highest BCUT2D eigenvalue weighted by molar-refractivity contribution is 6.43. The summed E-state index contributed by atoms with van der Waals surface area (Å²) in [4.78, 5) is 0. The Labute approximate surface area is 128 Å². The Balaban J connectivity index is 2.59. The zero-order valence-electron chi connectivity index (χ0n) is 11.9. The molecular weight excluding hydrogens is 297 g/mol. The Morgan fingerprint density at radius 2 is 1.90 bits per heavy atom. The molecule has 0 bridgehead atoms. The van der Waals surface area contributed by atoms with Gasteiger partial charge < -0.3 is 5.73 Å². The number of halogens is 2. The van der Waals surface area contributed by atoms with Gasteiger partial charge in [-0.2, -0.15) is 0 Å². The third-order valence-electron chi connectivity index (χ3n) is 3.40. The smallest absolute Gasteiger partial charge is 0.183 e. The minimum absolute atomic E-state index is 0.000720. The van der Waals surface area contributed by atoms with Crippen molar-refractivity contribution >= 4 is 28.9 Å². The van der Waals surface area contributed by atoms with Crippen molar-refractivity contribution in [2.45, 2.75) is 33.7 Å². The second-order valence-corrected chi connectivity index (χ2v) is 6.64. The van der Waals surface area contributed by atoms with E-state index in [1.165, 1.54) is 0 Å². The van der Waals surface area contributed by atoms with Crippen molar-refractivity contribution < 1.29 is 0 Å². The van der Waals surface area contributed by atoms with Crippen molar-refractivity contribution in [3.05, 3.63) is 22.2 Å². The van der Waals surface area contributed by atoms with Crippen LogP contribution in [0.4, 0.5) is 5.69 Å². The topological polar surface area (TPSA) is 69.6 Å². The van der Waals surface area contributed by atoms with Gasteiger partial charge in [-0.1, -0.05) is 44.0 Å². The molecule has 0 saturated carbocycles. The second-order valence-electron chi connectivity index (χ2n) is 5.85. The van der Waals surface area contributed by atoms with Gasteiger partial charge in [0.2, 0.25) is 0 Å². The minimum Gasteiger partial charge on any atom is -0.399 e. The lowest BCUT2D eigenvalue weighted by atomic mass is 9.88. The van der Waals surface area contributed by atoms with Crippen LogP contribution in [0.3, 0.4) is 0 Å². The molecule has 0 aliphatic rings. The number of aromatic nitrogens is 4. The van der Waals surface area contributed by atoms with Crippen LogP contribution in [0.5, 0.6) is 0 Å². The van der Waals surface area contributed by atoms with E-state index in [9.17, 15) is 0 Å². The van der Waals surface area contributed by atoms with Gasteiger partial charge in [-0.25, -0.2) is 4.68 Å². The van der Waals surface area contributed by atoms with Crippen molar-refractivity contribution in [2.24, 2.45) is 5.41 Å². The van der Waals surface area contributed by atoms with Crippen LogP contribution in [0.2, 0.25) is 10.0 Å². The summed E-state index contributed by atoms with van der Waals surface area (Å²) < 4.78 is 1.75. The van der Waals surface area contributed by atoms with Gasteiger partial charge in [0.05, 0.1) is 16.1 Å². The fourth-order valence-electron chi connectivity index (χ4n) is 1.77. The van der Waals surface area contributed by atoms with E-state index in [1.54, 1.807) is 16.8 Å². The van der Waals surface area contributed by atoms with Crippen molar-refractivity contribution in [3.63, 3.8) is 0 Å². The number of anilines is 1. The molecule has 5 nitrogen and oxygen atoms in total. The molecule has 0 radical (unpaired) electrons. The third kappa shape index (κ3) is 2.74. The van der Waals surface area contributed by atoms with Gasteiger partial charge in [0.15, 0.2) is 5.82 Å². The lowest BCUT2D eigenvalue weighted by Gasteiger charge is -2.27. The molecule has 0 aliphatic carbocycles. The van der Waals surface area contributed by atoms with Gasteiger partial charge >= 0.3 is 0 Å². The molecule has 2 N–H and O–H groups in total. The fourth-order valence-corrected chi connectivity index (χ4v) is 2.19. The average Bonchev–Trinajstić information content (AvgIpc) is 2.80. The Bertz CT molecular complexity index is 630. The first-order valence-corrected chi connectivity index (χ1v) is 7.00. The van der Waals surface area contributed by atoms with Gasteiger partial charge in [0.25, 0.3) is 0 Å². The predicted molar refractivity (Wildman–Crippen MR) is 81.9 cm³/mol. The predicted octanol–water partition coefficient (Wildman–Crippen LogP) is 3.84. The highest BCUT2D eigenvalue weighted by atomic mass is 35.5. The Morgan fingerprint density at radius 3 is 2.50 bits per heavy atom. The second kappa shape index (κ2) is 5.22. The molecule has 108 valence electrons. The number of rotatable bonds is 2. The summed E-state index contributed by atoms with van der Waals surface area (Å²) in [5.41, 5.74) is 6.98. The summed E-state index contributed by atoms with van der Waals surface area (Å²) in [7, 11) is 0.